The smallest absolute Gasteiger partial charge is 0.162 e. The lowest BCUT2D eigenvalue weighted by Gasteiger charge is -2.06. The van der Waals surface area contributed by atoms with Crippen LogP contribution >= 0.6 is 11.3 Å². The van der Waals surface area contributed by atoms with Crippen molar-refractivity contribution in [3.8, 4) is 11.5 Å². The zero-order valence-corrected chi connectivity index (χ0v) is 8.65. The first kappa shape index (κ1) is 9.27. The van der Waals surface area contributed by atoms with Gasteiger partial charge >= 0.3 is 0 Å². The lowest BCUT2D eigenvalue weighted by atomic mass is 10.2. The molecular formula is C10H9FO2S. The van der Waals surface area contributed by atoms with Crippen molar-refractivity contribution in [1.82, 2.24) is 0 Å². The Bertz CT molecular complexity index is 464. The number of ether oxygens (including phenoxy) is 2. The van der Waals surface area contributed by atoms with Gasteiger partial charge in [0.2, 0.25) is 0 Å². The van der Waals surface area contributed by atoms with Crippen molar-refractivity contribution in [2.75, 3.05) is 14.2 Å². The molecule has 0 unspecified atom stereocenters. The summed E-state index contributed by atoms with van der Waals surface area (Å²) in [5, 5.41) is 2.05. The molecule has 0 radical (unpaired) electrons. The van der Waals surface area contributed by atoms with Crippen LogP contribution in [0.25, 0.3) is 10.1 Å². The van der Waals surface area contributed by atoms with Gasteiger partial charge in [-0.1, -0.05) is 0 Å². The van der Waals surface area contributed by atoms with Gasteiger partial charge in [-0.2, -0.15) is 0 Å². The van der Waals surface area contributed by atoms with Crippen LogP contribution in [0, 0.1) is 5.82 Å². The summed E-state index contributed by atoms with van der Waals surface area (Å²) in [6, 6.07) is 3.43. The number of methoxy groups -OCH3 is 2. The highest BCUT2D eigenvalue weighted by Gasteiger charge is 2.10. The molecule has 2 aromatic rings. The van der Waals surface area contributed by atoms with Crippen LogP contribution in [0.3, 0.4) is 0 Å². The van der Waals surface area contributed by atoms with Crippen molar-refractivity contribution in [1.29, 1.82) is 0 Å². The highest BCUT2D eigenvalue weighted by molar-refractivity contribution is 7.17. The van der Waals surface area contributed by atoms with Gasteiger partial charge in [0, 0.05) is 21.5 Å². The second kappa shape index (κ2) is 3.46. The first-order valence-electron chi connectivity index (χ1n) is 4.05. The van der Waals surface area contributed by atoms with Crippen molar-refractivity contribution >= 4 is 21.4 Å². The molecule has 1 heterocycles. The summed E-state index contributed by atoms with van der Waals surface area (Å²) in [7, 11) is 3.10. The van der Waals surface area contributed by atoms with Crippen LogP contribution < -0.4 is 9.47 Å². The fourth-order valence-corrected chi connectivity index (χ4v) is 2.14. The summed E-state index contributed by atoms with van der Waals surface area (Å²) >= 11 is 1.35. The van der Waals surface area contributed by atoms with E-state index >= 15 is 0 Å². The van der Waals surface area contributed by atoms with Gasteiger partial charge in [-0.3, -0.25) is 0 Å². The maximum Gasteiger partial charge on any atom is 0.162 e. The summed E-state index contributed by atoms with van der Waals surface area (Å²) in [6.45, 7) is 0. The Morgan fingerprint density at radius 1 is 1.14 bits per heavy atom. The van der Waals surface area contributed by atoms with Crippen LogP contribution in [0.4, 0.5) is 4.39 Å². The number of hydrogen-bond acceptors (Lipinski definition) is 3. The van der Waals surface area contributed by atoms with E-state index in [4.69, 9.17) is 9.47 Å². The Balaban J connectivity index is 2.71. The second-order valence-corrected chi connectivity index (χ2v) is 3.70. The fourth-order valence-electron chi connectivity index (χ4n) is 1.32. The van der Waals surface area contributed by atoms with E-state index < -0.39 is 0 Å². The molecule has 2 rings (SSSR count). The summed E-state index contributed by atoms with van der Waals surface area (Å²) < 4.78 is 24.3. The zero-order chi connectivity index (χ0) is 10.1. The summed E-state index contributed by atoms with van der Waals surface area (Å²) in [4.78, 5) is 0. The van der Waals surface area contributed by atoms with Gasteiger partial charge in [0.15, 0.2) is 11.5 Å². The number of benzene rings is 1. The normalized spacial score (nSPS) is 10.5. The predicted octanol–water partition coefficient (Wildman–Crippen LogP) is 3.06. The molecule has 4 heteroatoms. The third-order valence-electron chi connectivity index (χ3n) is 2.03. The zero-order valence-electron chi connectivity index (χ0n) is 7.83. The summed E-state index contributed by atoms with van der Waals surface area (Å²) in [6.07, 6.45) is 0. The number of rotatable bonds is 2. The molecule has 74 valence electrons. The minimum absolute atomic E-state index is 0.217. The monoisotopic (exact) mass is 212 g/mol. The van der Waals surface area contributed by atoms with E-state index in [1.807, 2.05) is 0 Å². The molecule has 0 aliphatic carbocycles. The van der Waals surface area contributed by atoms with Crippen LogP contribution in [-0.4, -0.2) is 14.2 Å². The lowest BCUT2D eigenvalue weighted by Crippen LogP contribution is -1.89. The molecule has 0 aliphatic heterocycles. The minimum Gasteiger partial charge on any atom is -0.493 e. The largest absolute Gasteiger partial charge is 0.493 e. The maximum atomic E-state index is 13.2. The molecule has 1 aromatic carbocycles. The van der Waals surface area contributed by atoms with Crippen molar-refractivity contribution < 1.29 is 13.9 Å². The first-order valence-corrected chi connectivity index (χ1v) is 4.93. The molecular weight excluding hydrogens is 203 g/mol. The van der Waals surface area contributed by atoms with Crippen LogP contribution in [-0.2, 0) is 0 Å². The number of thiophene rings is 1. The molecule has 0 fully saturated rings. The number of fused-ring (bicyclic) bond motifs is 1. The summed E-state index contributed by atoms with van der Waals surface area (Å²) in [5.41, 5.74) is 0. The Morgan fingerprint density at radius 2 is 1.79 bits per heavy atom. The van der Waals surface area contributed by atoms with Gasteiger partial charge in [0.1, 0.15) is 5.82 Å². The van der Waals surface area contributed by atoms with Crippen molar-refractivity contribution in [3.05, 3.63) is 23.3 Å². The molecule has 0 N–H and O–H groups in total. The van der Waals surface area contributed by atoms with Crippen LogP contribution in [0.2, 0.25) is 0 Å². The van der Waals surface area contributed by atoms with Crippen LogP contribution in [0.5, 0.6) is 11.5 Å². The average Bonchev–Trinajstić information content (AvgIpc) is 2.58. The maximum absolute atomic E-state index is 13.2. The Labute approximate surface area is 84.9 Å². The van der Waals surface area contributed by atoms with E-state index in [9.17, 15) is 4.39 Å². The second-order valence-electron chi connectivity index (χ2n) is 2.79. The molecule has 0 bridgehead atoms. The van der Waals surface area contributed by atoms with Gasteiger partial charge in [-0.15, -0.1) is 11.3 Å². The third-order valence-corrected chi connectivity index (χ3v) is 2.95. The molecule has 0 atom stereocenters. The highest BCUT2D eigenvalue weighted by atomic mass is 32.1. The standard InChI is InChI=1S/C10H9FO2S/c1-12-8-3-6-7(11)5-14-10(6)4-9(8)13-2/h3-5H,1-2H3. The fraction of sp³-hybridized carbons (Fsp3) is 0.200. The topological polar surface area (TPSA) is 18.5 Å². The third kappa shape index (κ3) is 1.32. The number of halogens is 1. The van der Waals surface area contributed by atoms with Gasteiger partial charge in [-0.25, -0.2) is 4.39 Å². The van der Waals surface area contributed by atoms with Gasteiger partial charge in [0.25, 0.3) is 0 Å². The highest BCUT2D eigenvalue weighted by Crippen LogP contribution is 2.35. The Hall–Kier alpha value is -1.29. The number of hydrogen-bond donors (Lipinski definition) is 0. The Kier molecular flexibility index (Phi) is 2.29. The Morgan fingerprint density at radius 3 is 2.43 bits per heavy atom. The minimum atomic E-state index is -0.217. The first-order chi connectivity index (χ1) is 6.76. The molecule has 14 heavy (non-hydrogen) atoms. The van der Waals surface area contributed by atoms with E-state index in [1.165, 1.54) is 23.8 Å². The summed E-state index contributed by atoms with van der Waals surface area (Å²) in [5.74, 6) is 0.963. The quantitative estimate of drug-likeness (QED) is 0.761. The molecule has 0 saturated carbocycles. The SMILES string of the molecule is COc1cc2scc(F)c2cc1OC. The van der Waals surface area contributed by atoms with E-state index in [-0.39, 0.29) is 5.82 Å². The molecule has 0 amide bonds. The van der Waals surface area contributed by atoms with Crippen LogP contribution in [0.1, 0.15) is 0 Å². The van der Waals surface area contributed by atoms with Crippen molar-refractivity contribution in [3.63, 3.8) is 0 Å². The van der Waals surface area contributed by atoms with E-state index in [0.29, 0.717) is 16.9 Å². The van der Waals surface area contributed by atoms with Crippen LogP contribution in [0.15, 0.2) is 17.5 Å². The molecule has 0 saturated heterocycles. The predicted molar refractivity (Wildman–Crippen MR) is 54.9 cm³/mol. The molecule has 2 nitrogen and oxygen atoms in total. The van der Waals surface area contributed by atoms with E-state index in [1.54, 1.807) is 19.2 Å². The van der Waals surface area contributed by atoms with E-state index in [2.05, 4.69) is 0 Å². The molecule has 1 aromatic heterocycles. The van der Waals surface area contributed by atoms with Crippen molar-refractivity contribution in [2.24, 2.45) is 0 Å². The van der Waals surface area contributed by atoms with Crippen molar-refractivity contribution in [2.45, 2.75) is 0 Å². The van der Waals surface area contributed by atoms with Gasteiger partial charge in [0.05, 0.1) is 14.2 Å². The molecule has 0 spiro atoms. The average molecular weight is 212 g/mol. The van der Waals surface area contributed by atoms with Gasteiger partial charge < -0.3 is 9.47 Å². The molecule has 0 aliphatic rings. The van der Waals surface area contributed by atoms with E-state index in [0.717, 1.165) is 4.70 Å². The lowest BCUT2D eigenvalue weighted by molar-refractivity contribution is 0.356. The van der Waals surface area contributed by atoms with Gasteiger partial charge in [-0.05, 0) is 6.07 Å².